The molecule has 0 unspecified atom stereocenters. The molecule has 0 N–H and O–H groups in total. The monoisotopic (exact) mass is 1380 g/mol. The SMILES string of the molecule is C/C=C/Oc1ccc(-c2ccc3cc(CCOC)c(F)c(F)c3c2F)cc1.COCCc1cc2ccc(-c3ccc(OCC(C)C)cc3)c(F)c2c(F)c1F.COc1cc2ccc3cc(OC)c(F)c(F)c3c2c(F)c1F.COc1cc2ccc3cc(OC)c(F)c(F)c3c2c(F)c1F. The van der Waals surface area contributed by atoms with E-state index in [1.54, 1.807) is 78.9 Å². The van der Waals surface area contributed by atoms with Gasteiger partial charge >= 0.3 is 0 Å². The van der Waals surface area contributed by atoms with Crippen LogP contribution in [0.15, 0.2) is 146 Å². The Labute approximate surface area is 559 Å². The molecule has 0 aliphatic carbocycles. The van der Waals surface area contributed by atoms with E-state index in [9.17, 15) is 52.7 Å². The van der Waals surface area contributed by atoms with Gasteiger partial charge in [-0.15, -0.1) is 0 Å². The van der Waals surface area contributed by atoms with Crippen LogP contribution in [0.25, 0.3) is 86.9 Å². The van der Waals surface area contributed by atoms with Gasteiger partial charge in [0.05, 0.1) is 65.3 Å². The van der Waals surface area contributed by atoms with Crippen LogP contribution in [0, 0.1) is 87.4 Å². The number of hydrogen-bond acceptors (Lipinski definition) is 8. The highest BCUT2D eigenvalue weighted by atomic mass is 19.2. The van der Waals surface area contributed by atoms with Gasteiger partial charge in [-0.05, 0) is 141 Å². The molecule has 0 radical (unpaired) electrons. The zero-order valence-corrected chi connectivity index (χ0v) is 54.5. The van der Waals surface area contributed by atoms with Crippen molar-refractivity contribution in [2.24, 2.45) is 5.92 Å². The van der Waals surface area contributed by atoms with E-state index in [2.05, 4.69) is 0 Å². The molecule has 0 aliphatic heterocycles. The molecule has 0 fully saturated rings. The van der Waals surface area contributed by atoms with Crippen LogP contribution in [0.1, 0.15) is 31.9 Å². The maximum atomic E-state index is 15.1. The van der Waals surface area contributed by atoms with Crippen molar-refractivity contribution >= 4 is 64.6 Å². The van der Waals surface area contributed by atoms with Gasteiger partial charge in [-0.1, -0.05) is 92.7 Å². The van der Waals surface area contributed by atoms with Crippen molar-refractivity contribution in [3.05, 3.63) is 238 Å². The molecule has 0 amide bonds. The van der Waals surface area contributed by atoms with Gasteiger partial charge in [-0.2, -0.15) is 17.6 Å². The third-order valence-corrected chi connectivity index (χ3v) is 15.9. The van der Waals surface area contributed by atoms with Gasteiger partial charge in [-0.3, -0.25) is 0 Å². The maximum absolute atomic E-state index is 15.1. The minimum atomic E-state index is -1.29. The lowest BCUT2D eigenvalue weighted by Gasteiger charge is -2.12. The summed E-state index contributed by atoms with van der Waals surface area (Å²) in [5.74, 6) is -15.7. The van der Waals surface area contributed by atoms with Crippen LogP contribution in [0.3, 0.4) is 0 Å². The Balaban J connectivity index is 0.000000155. The summed E-state index contributed by atoms with van der Waals surface area (Å²) in [4.78, 5) is 0. The first-order valence-electron chi connectivity index (χ1n) is 30.4. The lowest BCUT2D eigenvalue weighted by atomic mass is 9.97. The zero-order chi connectivity index (χ0) is 71.7. The van der Waals surface area contributed by atoms with Crippen LogP contribution in [-0.2, 0) is 22.3 Å². The van der Waals surface area contributed by atoms with E-state index in [-0.39, 0.29) is 125 Å². The summed E-state index contributed by atoms with van der Waals surface area (Å²) >= 11 is 0. The van der Waals surface area contributed by atoms with E-state index in [1.807, 2.05) is 20.8 Å². The van der Waals surface area contributed by atoms with Crippen molar-refractivity contribution in [3.63, 3.8) is 0 Å². The van der Waals surface area contributed by atoms with Crippen LogP contribution < -0.4 is 28.4 Å². The van der Waals surface area contributed by atoms with Gasteiger partial charge in [0.1, 0.15) is 23.1 Å². The Morgan fingerprint density at radius 1 is 0.323 bits per heavy atom. The quantitative estimate of drug-likeness (QED) is 0.0507. The second-order valence-corrected chi connectivity index (χ2v) is 22.6. The van der Waals surface area contributed by atoms with Gasteiger partial charge < -0.3 is 37.9 Å². The summed E-state index contributed by atoms with van der Waals surface area (Å²) < 4.78 is 240. The third kappa shape index (κ3) is 15.1. The molecule has 0 aliphatic rings. The topological polar surface area (TPSA) is 73.8 Å². The van der Waals surface area contributed by atoms with Crippen LogP contribution in [-0.4, -0.2) is 62.5 Å². The minimum Gasteiger partial charge on any atom is -0.494 e. The fraction of sp³-hybridized carbons (Fsp3) is 0.195. The van der Waals surface area contributed by atoms with Crippen LogP contribution in [0.5, 0.6) is 34.5 Å². The molecule has 12 rings (SSSR count). The second-order valence-electron chi connectivity index (χ2n) is 22.6. The number of rotatable bonds is 17. The van der Waals surface area contributed by atoms with Crippen molar-refractivity contribution in [2.75, 3.05) is 62.5 Å². The van der Waals surface area contributed by atoms with E-state index in [1.165, 1.54) is 110 Å². The van der Waals surface area contributed by atoms with Crippen molar-refractivity contribution in [2.45, 2.75) is 33.6 Å². The standard InChI is InChI=1S/C23H23F3O2.C22H19F3O2.2C16H10F4O2/c1-14(2)13-28-18-7-4-15(5-8-18)19-9-6-16-12-17(10-11-27-3)21(24)23(26)20(16)22(19)25;1-3-11-27-17-7-4-14(5-8-17)18-9-6-15-13-16(10-12-26-2)20(23)22(25)19(15)21(18)24;2*1-21-9-5-7-3-4-8-6-10(22-2)14(18)16(20)12(8)11(7)15(19)13(9)17/h4-9,12,14H,10-11,13H2,1-3H3;3-9,11,13H,10,12H2,1-2H3;2*3-6H,1-2H3/b;11-3+;;. The molecule has 0 spiro atoms. The normalized spacial score (nSPS) is 11.3. The smallest absolute Gasteiger partial charge is 0.201 e. The summed E-state index contributed by atoms with van der Waals surface area (Å²) in [5, 5.41) is -0.597. The third-order valence-electron chi connectivity index (χ3n) is 15.9. The fourth-order valence-corrected chi connectivity index (χ4v) is 10.9. The van der Waals surface area contributed by atoms with Gasteiger partial charge in [0.25, 0.3) is 0 Å². The van der Waals surface area contributed by atoms with Gasteiger partial charge in [0.15, 0.2) is 69.5 Å². The largest absolute Gasteiger partial charge is 0.494 e. The lowest BCUT2D eigenvalue weighted by Crippen LogP contribution is -2.04. The number of benzene rings is 12. The number of allylic oxidation sites excluding steroid dienone is 1. The molecule has 12 aromatic carbocycles. The van der Waals surface area contributed by atoms with Crippen LogP contribution >= 0.6 is 0 Å². The summed E-state index contributed by atoms with van der Waals surface area (Å²) in [6.07, 6.45) is 3.71. The van der Waals surface area contributed by atoms with Gasteiger partial charge in [0, 0.05) is 46.9 Å². The molecular weight excluding hydrogens is 1320 g/mol. The predicted octanol–water partition coefficient (Wildman–Crippen LogP) is 21.3. The Morgan fingerprint density at radius 2 is 0.616 bits per heavy atom. The highest BCUT2D eigenvalue weighted by Gasteiger charge is 2.26. The Bertz CT molecular complexity index is 4710. The fourth-order valence-electron chi connectivity index (χ4n) is 10.9. The number of halogens is 14. The van der Waals surface area contributed by atoms with Gasteiger partial charge in [0.2, 0.25) is 23.3 Å². The highest BCUT2D eigenvalue weighted by molar-refractivity contribution is 6.10. The van der Waals surface area contributed by atoms with E-state index in [0.29, 0.717) is 45.9 Å². The lowest BCUT2D eigenvalue weighted by molar-refractivity contribution is 0.201. The Hall–Kier alpha value is -10.3. The van der Waals surface area contributed by atoms with Crippen LogP contribution in [0.4, 0.5) is 61.5 Å². The molecule has 0 saturated carbocycles. The first kappa shape index (κ1) is 72.9. The first-order valence-corrected chi connectivity index (χ1v) is 30.4. The van der Waals surface area contributed by atoms with Crippen molar-refractivity contribution in [1.29, 1.82) is 0 Å². The average Bonchev–Trinajstić information content (AvgIpc) is 0.759. The first-order chi connectivity index (χ1) is 47.5. The minimum absolute atomic E-state index is 0.166. The van der Waals surface area contributed by atoms with Gasteiger partial charge in [-0.25, -0.2) is 43.9 Å². The Morgan fingerprint density at radius 3 is 0.909 bits per heavy atom. The van der Waals surface area contributed by atoms with E-state index in [4.69, 9.17) is 37.9 Å². The summed E-state index contributed by atoms with van der Waals surface area (Å²) in [7, 11) is 7.73. The molecule has 12 aromatic rings. The molecular formula is C77H62F14O8. The molecule has 0 atom stereocenters. The van der Waals surface area contributed by atoms with Crippen molar-refractivity contribution in [1.82, 2.24) is 0 Å². The van der Waals surface area contributed by atoms with E-state index >= 15 is 8.78 Å². The van der Waals surface area contributed by atoms with E-state index in [0.717, 1.165) is 0 Å². The zero-order valence-electron chi connectivity index (χ0n) is 54.5. The van der Waals surface area contributed by atoms with Crippen LogP contribution in [0.2, 0.25) is 0 Å². The number of methoxy groups -OCH3 is 6. The molecule has 516 valence electrons. The highest BCUT2D eigenvalue weighted by Crippen LogP contribution is 2.41. The average molecular weight is 1380 g/mol. The van der Waals surface area contributed by atoms with E-state index < -0.39 is 81.4 Å². The summed E-state index contributed by atoms with van der Waals surface area (Å²) in [6.45, 7) is 7.02. The van der Waals surface area contributed by atoms with Crippen molar-refractivity contribution in [3.8, 4) is 56.8 Å². The number of ether oxygens (including phenoxy) is 8. The molecule has 22 heteroatoms. The number of hydrogen-bond donors (Lipinski definition) is 0. The molecule has 99 heavy (non-hydrogen) atoms. The summed E-state index contributed by atoms with van der Waals surface area (Å²) in [5.41, 5.74) is 1.86. The Kier molecular flexibility index (Phi) is 23.5. The molecule has 0 bridgehead atoms. The van der Waals surface area contributed by atoms with Crippen molar-refractivity contribution < 1.29 is 99.4 Å². The molecule has 0 aromatic heterocycles. The molecule has 8 nitrogen and oxygen atoms in total. The predicted molar refractivity (Wildman–Crippen MR) is 354 cm³/mol. The molecule has 0 heterocycles. The second kappa shape index (κ2) is 31.9. The number of fused-ring (bicyclic) bond motifs is 8. The summed E-state index contributed by atoms with van der Waals surface area (Å²) in [6, 6.07) is 33.7. The maximum Gasteiger partial charge on any atom is 0.201 e. The molecule has 0 saturated heterocycles.